The number of rotatable bonds is 5. The molecule has 3 aromatic rings. The molecule has 27 heavy (non-hydrogen) atoms. The SMILES string of the molecule is Cc1cc2c(=O)n(NC(=O)CCn3nc(C)c([N+](=O)[O-])c3C)c(C)nc2s1. The summed E-state index contributed by atoms with van der Waals surface area (Å²) in [5, 5.41) is 15.6. The van der Waals surface area contributed by atoms with Gasteiger partial charge in [0.05, 0.1) is 16.9 Å². The van der Waals surface area contributed by atoms with E-state index in [9.17, 15) is 19.7 Å². The van der Waals surface area contributed by atoms with Crippen LogP contribution in [0.3, 0.4) is 0 Å². The van der Waals surface area contributed by atoms with Crippen LogP contribution in [0.4, 0.5) is 5.69 Å². The molecule has 0 atom stereocenters. The molecule has 0 aromatic carbocycles. The first kappa shape index (κ1) is 18.7. The lowest BCUT2D eigenvalue weighted by molar-refractivity contribution is -0.386. The average molecular weight is 390 g/mol. The lowest BCUT2D eigenvalue weighted by Gasteiger charge is -2.11. The molecule has 0 radical (unpaired) electrons. The molecule has 0 unspecified atom stereocenters. The van der Waals surface area contributed by atoms with Crippen molar-refractivity contribution in [2.75, 3.05) is 5.43 Å². The molecule has 0 spiro atoms. The molecular weight excluding hydrogens is 372 g/mol. The smallest absolute Gasteiger partial charge is 0.273 e. The molecule has 1 N–H and O–H groups in total. The Labute approximate surface area is 157 Å². The highest BCUT2D eigenvalue weighted by Gasteiger charge is 2.22. The molecule has 0 saturated heterocycles. The summed E-state index contributed by atoms with van der Waals surface area (Å²) in [6.45, 7) is 6.82. The lowest BCUT2D eigenvalue weighted by Crippen LogP contribution is -2.35. The number of hydrogen-bond donors (Lipinski definition) is 1. The van der Waals surface area contributed by atoms with Crippen LogP contribution >= 0.6 is 11.3 Å². The number of nitro groups is 1. The van der Waals surface area contributed by atoms with E-state index in [0.717, 1.165) is 9.55 Å². The molecule has 142 valence electrons. The number of carbonyl (C=O) groups is 1. The van der Waals surface area contributed by atoms with Crippen LogP contribution in [0.2, 0.25) is 0 Å². The van der Waals surface area contributed by atoms with Crippen molar-refractivity contribution in [2.24, 2.45) is 0 Å². The topological polar surface area (TPSA) is 125 Å². The summed E-state index contributed by atoms with van der Waals surface area (Å²) in [5.74, 6) is -0.0343. The predicted molar refractivity (Wildman–Crippen MR) is 101 cm³/mol. The van der Waals surface area contributed by atoms with Crippen molar-refractivity contribution in [3.05, 3.63) is 48.6 Å². The third-order valence-electron chi connectivity index (χ3n) is 4.17. The van der Waals surface area contributed by atoms with E-state index in [0.29, 0.717) is 27.4 Å². The van der Waals surface area contributed by atoms with Gasteiger partial charge < -0.3 is 0 Å². The zero-order chi connectivity index (χ0) is 19.9. The molecular formula is C16H18N6O4S. The van der Waals surface area contributed by atoms with Gasteiger partial charge in [0.15, 0.2) is 0 Å². The second-order valence-corrected chi connectivity index (χ2v) is 7.39. The Kier molecular flexibility index (Phi) is 4.79. The lowest BCUT2D eigenvalue weighted by atomic mass is 10.3. The number of carbonyl (C=O) groups excluding carboxylic acids is 1. The van der Waals surface area contributed by atoms with Gasteiger partial charge in [-0.15, -0.1) is 11.3 Å². The van der Waals surface area contributed by atoms with Crippen molar-refractivity contribution < 1.29 is 9.72 Å². The van der Waals surface area contributed by atoms with E-state index in [1.807, 2.05) is 6.92 Å². The average Bonchev–Trinajstić information content (AvgIpc) is 3.08. The largest absolute Gasteiger partial charge is 0.312 e. The molecule has 3 heterocycles. The first-order chi connectivity index (χ1) is 12.7. The molecule has 0 fully saturated rings. The maximum Gasteiger partial charge on any atom is 0.312 e. The summed E-state index contributed by atoms with van der Waals surface area (Å²) in [5.41, 5.74) is 2.84. The molecule has 0 aliphatic heterocycles. The fraction of sp³-hybridized carbons (Fsp3) is 0.375. The number of nitrogens with zero attached hydrogens (tertiary/aromatic N) is 5. The van der Waals surface area contributed by atoms with E-state index >= 15 is 0 Å². The van der Waals surface area contributed by atoms with Crippen molar-refractivity contribution >= 4 is 33.1 Å². The van der Waals surface area contributed by atoms with Gasteiger partial charge in [0.25, 0.3) is 5.56 Å². The first-order valence-corrected chi connectivity index (χ1v) is 8.98. The zero-order valence-corrected chi connectivity index (χ0v) is 16.1. The molecule has 0 saturated carbocycles. The highest BCUT2D eigenvalue weighted by molar-refractivity contribution is 7.18. The van der Waals surface area contributed by atoms with Gasteiger partial charge >= 0.3 is 5.69 Å². The Hall–Kier alpha value is -3.08. The van der Waals surface area contributed by atoms with Crippen molar-refractivity contribution in [1.82, 2.24) is 19.4 Å². The Bertz CT molecular complexity index is 1130. The van der Waals surface area contributed by atoms with Gasteiger partial charge in [0.1, 0.15) is 22.0 Å². The summed E-state index contributed by atoms with van der Waals surface area (Å²) in [4.78, 5) is 41.4. The van der Waals surface area contributed by atoms with Crippen LogP contribution in [-0.2, 0) is 11.3 Å². The second kappa shape index (κ2) is 6.91. The molecule has 11 heteroatoms. The summed E-state index contributed by atoms with van der Waals surface area (Å²) >= 11 is 1.42. The number of aromatic nitrogens is 4. The highest BCUT2D eigenvalue weighted by atomic mass is 32.1. The van der Waals surface area contributed by atoms with E-state index in [4.69, 9.17) is 0 Å². The van der Waals surface area contributed by atoms with Crippen LogP contribution in [0.25, 0.3) is 10.2 Å². The first-order valence-electron chi connectivity index (χ1n) is 8.17. The molecule has 3 rings (SSSR count). The monoisotopic (exact) mass is 390 g/mol. The highest BCUT2D eigenvalue weighted by Crippen LogP contribution is 2.22. The molecule has 10 nitrogen and oxygen atoms in total. The van der Waals surface area contributed by atoms with E-state index in [-0.39, 0.29) is 24.2 Å². The van der Waals surface area contributed by atoms with Crippen LogP contribution in [0.15, 0.2) is 10.9 Å². The van der Waals surface area contributed by atoms with E-state index in [1.165, 1.54) is 16.0 Å². The molecule has 1 amide bonds. The fourth-order valence-electron chi connectivity index (χ4n) is 2.89. The van der Waals surface area contributed by atoms with Crippen LogP contribution in [-0.4, -0.2) is 30.3 Å². The normalized spacial score (nSPS) is 11.1. The Morgan fingerprint density at radius 1 is 1.33 bits per heavy atom. The summed E-state index contributed by atoms with van der Waals surface area (Å²) in [6, 6.07) is 1.74. The minimum atomic E-state index is -0.485. The van der Waals surface area contributed by atoms with Crippen molar-refractivity contribution in [1.29, 1.82) is 0 Å². The summed E-state index contributed by atoms with van der Waals surface area (Å²) < 4.78 is 2.55. The maximum absolute atomic E-state index is 12.6. The number of thiophene rings is 1. The summed E-state index contributed by atoms with van der Waals surface area (Å²) in [6.07, 6.45) is 0.00565. The van der Waals surface area contributed by atoms with E-state index in [2.05, 4.69) is 15.5 Å². The zero-order valence-electron chi connectivity index (χ0n) is 15.3. The van der Waals surface area contributed by atoms with Crippen molar-refractivity contribution in [2.45, 2.75) is 40.7 Å². The Morgan fingerprint density at radius 2 is 2.04 bits per heavy atom. The number of aryl methyl sites for hydroxylation is 4. The van der Waals surface area contributed by atoms with Crippen molar-refractivity contribution in [3.63, 3.8) is 0 Å². The Morgan fingerprint density at radius 3 is 2.67 bits per heavy atom. The Balaban J connectivity index is 1.77. The summed E-state index contributed by atoms with van der Waals surface area (Å²) in [7, 11) is 0. The predicted octanol–water partition coefficient (Wildman–Crippen LogP) is 1.96. The third-order valence-corrected chi connectivity index (χ3v) is 5.11. The number of amides is 1. The van der Waals surface area contributed by atoms with Gasteiger partial charge in [0.2, 0.25) is 5.91 Å². The van der Waals surface area contributed by atoms with Crippen LogP contribution in [0.1, 0.15) is 28.5 Å². The number of fused-ring (bicyclic) bond motifs is 1. The molecule has 3 aromatic heterocycles. The van der Waals surface area contributed by atoms with Crippen LogP contribution in [0, 0.1) is 37.8 Å². The van der Waals surface area contributed by atoms with E-state index < -0.39 is 10.8 Å². The molecule has 0 aliphatic carbocycles. The third kappa shape index (κ3) is 3.45. The van der Waals surface area contributed by atoms with Crippen LogP contribution < -0.4 is 11.0 Å². The van der Waals surface area contributed by atoms with Gasteiger partial charge in [-0.3, -0.25) is 29.8 Å². The minimum absolute atomic E-state index is 0.00565. The standard InChI is InChI=1S/C16H18N6O4S/c1-8-7-12-15(27-8)17-11(4)21(16(12)24)19-13(23)5-6-20-10(3)14(22(25)26)9(2)18-20/h7H,5-6H2,1-4H3,(H,19,23). The van der Waals surface area contributed by atoms with E-state index in [1.54, 1.807) is 26.8 Å². The maximum atomic E-state index is 12.6. The van der Waals surface area contributed by atoms with Gasteiger partial charge in [-0.05, 0) is 33.8 Å². The number of nitrogens with one attached hydrogen (secondary N) is 1. The van der Waals surface area contributed by atoms with Gasteiger partial charge in [-0.1, -0.05) is 0 Å². The molecule has 0 aliphatic rings. The second-order valence-electron chi connectivity index (χ2n) is 6.16. The minimum Gasteiger partial charge on any atom is -0.273 e. The molecule has 0 bridgehead atoms. The number of hydrogen-bond acceptors (Lipinski definition) is 7. The van der Waals surface area contributed by atoms with Crippen molar-refractivity contribution in [3.8, 4) is 0 Å². The quantitative estimate of drug-likeness (QED) is 0.524. The van der Waals surface area contributed by atoms with Gasteiger partial charge in [-0.2, -0.15) is 5.10 Å². The van der Waals surface area contributed by atoms with Gasteiger partial charge in [-0.25, -0.2) is 9.66 Å². The van der Waals surface area contributed by atoms with Gasteiger partial charge in [0, 0.05) is 11.3 Å². The van der Waals surface area contributed by atoms with Crippen LogP contribution in [0.5, 0.6) is 0 Å². The fourth-order valence-corrected chi connectivity index (χ4v) is 3.81.